The number of piperidine rings is 2. The molecular weight excluding hydrogens is 924 g/mol. The number of rotatable bonds is 15. The lowest BCUT2D eigenvalue weighted by atomic mass is 9.97. The van der Waals surface area contributed by atoms with Crippen LogP contribution in [0.15, 0.2) is 67.1 Å². The van der Waals surface area contributed by atoms with Gasteiger partial charge >= 0.3 is 6.09 Å². The van der Waals surface area contributed by atoms with Crippen molar-refractivity contribution in [3.05, 3.63) is 100 Å². The van der Waals surface area contributed by atoms with Crippen LogP contribution in [0.25, 0.3) is 11.1 Å². The Morgan fingerprint density at radius 2 is 1.55 bits per heavy atom. The lowest BCUT2D eigenvalue weighted by molar-refractivity contribution is -0.133. The number of piperazine rings is 1. The van der Waals surface area contributed by atoms with Gasteiger partial charge in [0.05, 0.1) is 42.2 Å². The number of amides is 4. The summed E-state index contributed by atoms with van der Waals surface area (Å²) in [5.41, 5.74) is 5.13. The van der Waals surface area contributed by atoms with E-state index in [1.807, 2.05) is 48.2 Å². The van der Waals surface area contributed by atoms with Gasteiger partial charge in [-0.2, -0.15) is 0 Å². The summed E-state index contributed by atoms with van der Waals surface area (Å²) < 4.78 is 12.1. The fraction of sp³-hybridized carbons (Fsp3) is 0.528. The van der Waals surface area contributed by atoms with E-state index in [0.717, 1.165) is 59.6 Å². The highest BCUT2D eigenvalue weighted by atomic mass is 35.5. The molecule has 5 heterocycles. The van der Waals surface area contributed by atoms with Gasteiger partial charge in [0, 0.05) is 94.3 Å². The number of nitrogens with one attached hydrogen (secondary N) is 3. The monoisotopic (exact) mass is 993 g/mol. The van der Waals surface area contributed by atoms with Crippen LogP contribution in [-0.4, -0.2) is 155 Å². The average molecular weight is 994 g/mol. The summed E-state index contributed by atoms with van der Waals surface area (Å²) in [7, 11) is 0. The first-order valence-electron chi connectivity index (χ1n) is 25.1. The number of ether oxygens (including phenoxy) is 2. The molecule has 18 heteroatoms. The van der Waals surface area contributed by atoms with E-state index in [9.17, 15) is 24.3 Å². The number of benzene rings is 2. The third-order valence-corrected chi connectivity index (χ3v) is 14.1. The number of aliphatic hydroxyl groups is 1. The molecule has 8 rings (SSSR count). The fourth-order valence-corrected chi connectivity index (χ4v) is 10.2. The minimum absolute atomic E-state index is 0.0125. The molecule has 4 aliphatic rings. The summed E-state index contributed by atoms with van der Waals surface area (Å²) in [5, 5.41) is 20.3. The first kappa shape index (κ1) is 51.6. The maximum absolute atomic E-state index is 14.1. The van der Waals surface area contributed by atoms with Crippen molar-refractivity contribution in [2.45, 2.75) is 102 Å². The van der Waals surface area contributed by atoms with Crippen molar-refractivity contribution in [3.8, 4) is 11.1 Å². The zero-order valence-electron chi connectivity index (χ0n) is 41.7. The smallest absolute Gasteiger partial charge is 0.412 e. The number of halogens is 1. The molecule has 2 aromatic carbocycles. The number of hydrogen-bond acceptors (Lipinski definition) is 13. The van der Waals surface area contributed by atoms with Gasteiger partial charge in [-0.3, -0.25) is 24.6 Å². The lowest BCUT2D eigenvalue weighted by Gasteiger charge is -2.38. The van der Waals surface area contributed by atoms with Crippen LogP contribution in [0.4, 0.5) is 16.3 Å². The summed E-state index contributed by atoms with van der Waals surface area (Å²) in [6.45, 7) is 15.9. The van der Waals surface area contributed by atoms with Gasteiger partial charge in [-0.25, -0.2) is 19.7 Å². The normalized spacial score (nSPS) is 19.6. The SMILES string of the molecule is Cc1cccc(-c2cnc(C(=O)N3CCC(OC4CCN(CC(=O)NCCNC[C@@H](C(=O)N5CCN(c6ncnc7c6[C@H](C)C[C@H]7O)CC5)c5ccc(Cl)cc5)CC4)CC3)c(NC(=O)OC(C)(C)C)c2)c1. The number of aryl methyl sites for hydroxylation is 1. The van der Waals surface area contributed by atoms with Crippen LogP contribution < -0.4 is 20.9 Å². The minimum atomic E-state index is -0.717. The Morgan fingerprint density at radius 1 is 0.845 bits per heavy atom. The highest BCUT2D eigenvalue weighted by Gasteiger charge is 2.36. The van der Waals surface area contributed by atoms with Gasteiger partial charge in [-0.1, -0.05) is 60.5 Å². The van der Waals surface area contributed by atoms with Crippen LogP contribution in [0.5, 0.6) is 0 Å². The topological polar surface area (TPSA) is 195 Å². The molecule has 4 aromatic rings. The molecule has 0 spiro atoms. The molecule has 3 saturated heterocycles. The highest BCUT2D eigenvalue weighted by molar-refractivity contribution is 6.30. The quantitative estimate of drug-likeness (QED) is 0.0970. The molecule has 3 aliphatic heterocycles. The van der Waals surface area contributed by atoms with E-state index < -0.39 is 23.7 Å². The molecule has 4 N–H and O–H groups in total. The van der Waals surface area contributed by atoms with Gasteiger partial charge in [0.15, 0.2) is 5.69 Å². The Bertz CT molecular complexity index is 2500. The van der Waals surface area contributed by atoms with Crippen molar-refractivity contribution in [3.63, 3.8) is 0 Å². The van der Waals surface area contributed by atoms with Crippen LogP contribution in [0, 0.1) is 6.92 Å². The largest absolute Gasteiger partial charge is 0.444 e. The van der Waals surface area contributed by atoms with Crippen molar-refractivity contribution in [1.82, 2.24) is 40.3 Å². The Hall–Kier alpha value is -5.72. The number of nitrogens with zero attached hydrogens (tertiary/aromatic N) is 7. The summed E-state index contributed by atoms with van der Waals surface area (Å²) >= 11 is 6.23. The molecule has 71 heavy (non-hydrogen) atoms. The summed E-state index contributed by atoms with van der Waals surface area (Å²) in [6, 6.07) is 17.2. The van der Waals surface area contributed by atoms with Crippen LogP contribution >= 0.6 is 11.6 Å². The number of carbonyl (C=O) groups excluding carboxylic acids is 4. The van der Waals surface area contributed by atoms with Gasteiger partial charge in [0.25, 0.3) is 5.91 Å². The molecule has 0 radical (unpaired) electrons. The van der Waals surface area contributed by atoms with Crippen molar-refractivity contribution < 1.29 is 33.8 Å². The molecule has 3 atom stereocenters. The van der Waals surface area contributed by atoms with Crippen LogP contribution in [0.2, 0.25) is 5.02 Å². The summed E-state index contributed by atoms with van der Waals surface area (Å²) in [5.74, 6) is 0.315. The number of pyridine rings is 1. The van der Waals surface area contributed by atoms with E-state index in [1.165, 1.54) is 6.33 Å². The zero-order chi connectivity index (χ0) is 50.2. The van der Waals surface area contributed by atoms with E-state index in [-0.39, 0.29) is 41.5 Å². The molecule has 2 aromatic heterocycles. The third-order valence-electron chi connectivity index (χ3n) is 13.8. The van der Waals surface area contributed by atoms with E-state index in [1.54, 1.807) is 50.1 Å². The predicted octanol–water partition coefficient (Wildman–Crippen LogP) is 6.31. The Labute approximate surface area is 422 Å². The van der Waals surface area contributed by atoms with Crippen molar-refractivity contribution in [2.75, 3.05) is 88.8 Å². The second-order valence-corrected chi connectivity index (χ2v) is 20.8. The standard InChI is InChI=1S/C53H69ClN10O7/c1-34-7-6-8-37(27-34)38-29-43(60-52(69)71-53(3,4)5)47(57-30-38)51(68)63-21-15-41(16-22-63)70-40-13-19-61(20-14-40)32-45(66)56-18-17-55-31-42(36-9-11-39(54)12-10-36)50(67)64-25-23-62(24-26-64)49-46-35(2)28-44(65)48(46)58-33-59-49/h6-12,27,29-30,33,35,40-42,44,55,65H,13-26,28,31-32H2,1-5H3,(H,56,66)(H,60,69)/t35-,42-,44-/m1/s1. The van der Waals surface area contributed by atoms with Crippen molar-refractivity contribution in [2.24, 2.45) is 0 Å². The van der Waals surface area contributed by atoms with Gasteiger partial charge in [-0.05, 0) is 95.0 Å². The molecule has 0 bridgehead atoms. The number of carbonyl (C=O) groups is 4. The number of anilines is 2. The number of aromatic nitrogens is 3. The van der Waals surface area contributed by atoms with Crippen molar-refractivity contribution >= 4 is 46.9 Å². The number of hydrogen-bond donors (Lipinski definition) is 4. The number of likely N-dealkylation sites (tertiary alicyclic amines) is 2. The Kier molecular flexibility index (Phi) is 16.9. The highest BCUT2D eigenvalue weighted by Crippen LogP contribution is 2.43. The maximum atomic E-state index is 14.1. The van der Waals surface area contributed by atoms with Gasteiger partial charge < -0.3 is 39.9 Å². The first-order chi connectivity index (χ1) is 34.1. The van der Waals surface area contributed by atoms with Gasteiger partial charge in [0.1, 0.15) is 17.7 Å². The summed E-state index contributed by atoms with van der Waals surface area (Å²) in [6.07, 6.45) is 5.67. The number of aliphatic hydroxyl groups excluding tert-OH is 1. The van der Waals surface area contributed by atoms with Crippen LogP contribution in [0.3, 0.4) is 0 Å². The Morgan fingerprint density at radius 3 is 2.24 bits per heavy atom. The fourth-order valence-electron chi connectivity index (χ4n) is 10.1. The molecule has 380 valence electrons. The molecule has 0 unspecified atom stereocenters. The minimum Gasteiger partial charge on any atom is -0.444 e. The van der Waals surface area contributed by atoms with Crippen LogP contribution in [-0.2, 0) is 19.1 Å². The van der Waals surface area contributed by atoms with Gasteiger partial charge in [-0.15, -0.1) is 0 Å². The predicted molar refractivity (Wildman–Crippen MR) is 273 cm³/mol. The number of fused-ring (bicyclic) bond motifs is 1. The van der Waals surface area contributed by atoms with Crippen LogP contribution in [0.1, 0.15) is 111 Å². The molecule has 4 amide bonds. The molecular formula is C53H69ClN10O7. The Balaban J connectivity index is 0.747. The van der Waals surface area contributed by atoms with E-state index in [2.05, 4.69) is 47.6 Å². The lowest BCUT2D eigenvalue weighted by Crippen LogP contribution is -2.51. The van der Waals surface area contributed by atoms with Gasteiger partial charge in [0.2, 0.25) is 11.8 Å². The van der Waals surface area contributed by atoms with Crippen molar-refractivity contribution in [1.29, 1.82) is 0 Å². The van der Waals surface area contributed by atoms with E-state index >= 15 is 0 Å². The first-order valence-corrected chi connectivity index (χ1v) is 25.5. The third kappa shape index (κ3) is 13.4. The van der Waals surface area contributed by atoms with E-state index in [0.29, 0.717) is 101 Å². The zero-order valence-corrected chi connectivity index (χ0v) is 42.4. The second kappa shape index (κ2) is 23.2. The molecule has 17 nitrogen and oxygen atoms in total. The second-order valence-electron chi connectivity index (χ2n) is 20.3. The van der Waals surface area contributed by atoms with E-state index in [4.69, 9.17) is 21.1 Å². The summed E-state index contributed by atoms with van der Waals surface area (Å²) in [4.78, 5) is 75.5. The maximum Gasteiger partial charge on any atom is 0.412 e. The molecule has 0 saturated carbocycles. The molecule has 3 fully saturated rings. The average Bonchev–Trinajstić information content (AvgIpc) is 3.65. The molecule has 1 aliphatic carbocycles.